The Morgan fingerprint density at radius 2 is 1.77 bits per heavy atom. The van der Waals surface area contributed by atoms with Gasteiger partial charge in [0.05, 0.1) is 16.3 Å². The van der Waals surface area contributed by atoms with Gasteiger partial charge >= 0.3 is 0 Å². The average molecular weight is 572 g/mol. The normalized spacial score (nSPS) is 11.6. The van der Waals surface area contributed by atoms with Crippen molar-refractivity contribution in [1.29, 1.82) is 5.26 Å². The smallest absolute Gasteiger partial charge is 0.233 e. The van der Waals surface area contributed by atoms with E-state index in [0.717, 1.165) is 16.8 Å². The maximum Gasteiger partial charge on any atom is 0.233 e. The van der Waals surface area contributed by atoms with Crippen LogP contribution in [0.3, 0.4) is 0 Å². The Bertz CT molecular complexity index is 1210. The van der Waals surface area contributed by atoms with Crippen molar-refractivity contribution < 1.29 is 9.47 Å². The SMILES string of the molecule is CSNc1nccc(COc2ccc(C(C)(C)c3cc(Cl)c(OCC(Cl)(Cl)Cl)c(C#N)c3)cc2)n1. The third kappa shape index (κ3) is 7.45. The van der Waals surface area contributed by atoms with E-state index in [1.54, 1.807) is 24.4 Å². The van der Waals surface area contributed by atoms with E-state index in [0.29, 0.717) is 18.3 Å². The number of nitriles is 1. The Labute approximate surface area is 229 Å². The molecule has 0 amide bonds. The molecule has 0 spiro atoms. The van der Waals surface area contributed by atoms with Gasteiger partial charge in [0, 0.05) is 17.9 Å². The van der Waals surface area contributed by atoms with E-state index in [2.05, 4.69) is 20.8 Å². The lowest BCUT2D eigenvalue weighted by molar-refractivity contribution is 0.301. The minimum atomic E-state index is -1.63. The summed E-state index contributed by atoms with van der Waals surface area (Å²) in [7, 11) is 0. The average Bonchev–Trinajstić information content (AvgIpc) is 2.81. The summed E-state index contributed by atoms with van der Waals surface area (Å²) in [5, 5.41) is 9.92. The van der Waals surface area contributed by atoms with Crippen LogP contribution >= 0.6 is 58.4 Å². The van der Waals surface area contributed by atoms with E-state index in [-0.39, 0.29) is 22.9 Å². The Balaban J connectivity index is 1.76. The maximum absolute atomic E-state index is 9.65. The van der Waals surface area contributed by atoms with Crippen LogP contribution in [0.2, 0.25) is 5.02 Å². The molecular weight excluding hydrogens is 550 g/mol. The minimum absolute atomic E-state index is 0.185. The van der Waals surface area contributed by atoms with Crippen LogP contribution in [0, 0.1) is 11.3 Å². The standard InChI is InChI=1S/C24H22Cl4N4O2S/c1-23(2,17-10-15(12-29)21(20(25)11-17)34-14-24(26,27)28)16-4-6-19(7-5-16)33-13-18-8-9-30-22(31-18)32-35-3/h4-11H,13-14H2,1-3H3,(H,30,31,32). The molecule has 6 nitrogen and oxygen atoms in total. The molecule has 0 radical (unpaired) electrons. The number of rotatable bonds is 9. The van der Waals surface area contributed by atoms with Gasteiger partial charge in [0.25, 0.3) is 0 Å². The van der Waals surface area contributed by atoms with Crippen molar-refractivity contribution >= 4 is 64.3 Å². The van der Waals surface area contributed by atoms with Gasteiger partial charge in [0.1, 0.15) is 25.0 Å². The predicted octanol–water partition coefficient (Wildman–Crippen LogP) is 7.35. The summed E-state index contributed by atoms with van der Waals surface area (Å²) in [6.45, 7) is 4.16. The molecule has 3 rings (SSSR count). The van der Waals surface area contributed by atoms with Crippen LogP contribution in [0.1, 0.15) is 36.2 Å². The third-order valence-corrected chi connectivity index (χ3v) is 6.13. The highest BCUT2D eigenvalue weighted by Crippen LogP contribution is 2.39. The van der Waals surface area contributed by atoms with Gasteiger partial charge in [-0.15, -0.1) is 0 Å². The lowest BCUT2D eigenvalue weighted by atomic mass is 9.77. The van der Waals surface area contributed by atoms with E-state index < -0.39 is 9.21 Å². The third-order valence-electron chi connectivity index (χ3n) is 5.14. The van der Waals surface area contributed by atoms with Crippen molar-refractivity contribution in [3.63, 3.8) is 0 Å². The zero-order valence-electron chi connectivity index (χ0n) is 19.1. The summed E-state index contributed by atoms with van der Waals surface area (Å²) in [5.74, 6) is 1.42. The lowest BCUT2D eigenvalue weighted by Gasteiger charge is -2.27. The number of aromatic nitrogens is 2. The summed E-state index contributed by atoms with van der Waals surface area (Å²) in [4.78, 5) is 8.54. The molecular formula is C24H22Cl4N4O2S. The van der Waals surface area contributed by atoms with Crippen LogP contribution in [-0.2, 0) is 12.0 Å². The van der Waals surface area contributed by atoms with E-state index in [9.17, 15) is 5.26 Å². The molecule has 1 N–H and O–H groups in total. The number of ether oxygens (including phenoxy) is 2. The Morgan fingerprint density at radius 3 is 2.40 bits per heavy atom. The topological polar surface area (TPSA) is 80.1 Å². The number of benzene rings is 2. The zero-order chi connectivity index (χ0) is 25.6. The number of hydrogen-bond acceptors (Lipinski definition) is 7. The highest BCUT2D eigenvalue weighted by molar-refractivity contribution is 7.99. The van der Waals surface area contributed by atoms with Crippen LogP contribution in [0.25, 0.3) is 0 Å². The fraction of sp³-hybridized carbons (Fsp3) is 0.292. The summed E-state index contributed by atoms with van der Waals surface area (Å²) in [6.07, 6.45) is 3.59. The molecule has 0 saturated heterocycles. The van der Waals surface area contributed by atoms with E-state index in [1.165, 1.54) is 11.9 Å². The summed E-state index contributed by atoms with van der Waals surface area (Å²) in [5.41, 5.74) is 2.40. The second-order valence-electron chi connectivity index (χ2n) is 7.97. The van der Waals surface area contributed by atoms with Gasteiger partial charge in [0.15, 0.2) is 5.75 Å². The second kappa shape index (κ2) is 11.8. The molecule has 1 aromatic heterocycles. The molecule has 0 aliphatic heterocycles. The first-order chi connectivity index (χ1) is 16.5. The van der Waals surface area contributed by atoms with Crippen LogP contribution in [-0.4, -0.2) is 26.6 Å². The molecule has 3 aromatic rings. The van der Waals surface area contributed by atoms with Gasteiger partial charge in [-0.1, -0.05) is 84.3 Å². The zero-order valence-corrected chi connectivity index (χ0v) is 23.0. The van der Waals surface area contributed by atoms with Crippen molar-refractivity contribution in [2.24, 2.45) is 0 Å². The van der Waals surface area contributed by atoms with E-state index in [4.69, 9.17) is 55.9 Å². The molecule has 0 unspecified atom stereocenters. The van der Waals surface area contributed by atoms with Crippen LogP contribution in [0.4, 0.5) is 5.95 Å². The summed E-state index contributed by atoms with van der Waals surface area (Å²) in [6, 6.07) is 15.2. The number of nitrogens with one attached hydrogen (secondary N) is 1. The predicted molar refractivity (Wildman–Crippen MR) is 144 cm³/mol. The number of anilines is 1. The van der Waals surface area contributed by atoms with E-state index in [1.807, 2.05) is 44.4 Å². The molecule has 184 valence electrons. The molecule has 0 bridgehead atoms. The Hall–Kier alpha value is -2.08. The Morgan fingerprint density at radius 1 is 1.06 bits per heavy atom. The molecule has 0 saturated carbocycles. The van der Waals surface area contributed by atoms with Crippen molar-refractivity contribution in [3.05, 3.63) is 76.1 Å². The van der Waals surface area contributed by atoms with Crippen molar-refractivity contribution in [2.75, 3.05) is 17.6 Å². The molecule has 0 atom stereocenters. The quantitative estimate of drug-likeness (QED) is 0.212. The summed E-state index contributed by atoms with van der Waals surface area (Å²) < 4.78 is 12.8. The number of alkyl halides is 3. The second-order valence-corrected chi connectivity index (χ2v) is 11.5. The molecule has 0 aliphatic carbocycles. The van der Waals surface area contributed by atoms with Gasteiger partial charge in [0.2, 0.25) is 9.74 Å². The van der Waals surface area contributed by atoms with Crippen LogP contribution < -0.4 is 14.2 Å². The number of nitrogens with zero attached hydrogens (tertiary/aromatic N) is 3. The van der Waals surface area contributed by atoms with Gasteiger partial charge in [-0.2, -0.15) is 5.26 Å². The highest BCUT2D eigenvalue weighted by atomic mass is 35.6. The lowest BCUT2D eigenvalue weighted by Crippen LogP contribution is -2.20. The first-order valence-electron chi connectivity index (χ1n) is 10.3. The van der Waals surface area contributed by atoms with Crippen molar-refractivity contribution in [2.45, 2.75) is 29.7 Å². The number of halogens is 4. The van der Waals surface area contributed by atoms with Crippen molar-refractivity contribution in [1.82, 2.24) is 9.97 Å². The Kier molecular flexibility index (Phi) is 9.25. The maximum atomic E-state index is 9.65. The fourth-order valence-corrected chi connectivity index (χ4v) is 3.97. The monoisotopic (exact) mass is 570 g/mol. The molecule has 35 heavy (non-hydrogen) atoms. The first kappa shape index (κ1) is 27.5. The first-order valence-corrected chi connectivity index (χ1v) is 13.0. The molecule has 0 fully saturated rings. The van der Waals surface area contributed by atoms with Gasteiger partial charge in [-0.3, -0.25) is 4.72 Å². The largest absolute Gasteiger partial charge is 0.487 e. The molecule has 2 aromatic carbocycles. The van der Waals surface area contributed by atoms with Gasteiger partial charge in [-0.05, 0) is 41.5 Å². The van der Waals surface area contributed by atoms with Crippen LogP contribution in [0.15, 0.2) is 48.7 Å². The van der Waals surface area contributed by atoms with E-state index >= 15 is 0 Å². The minimum Gasteiger partial charge on any atom is -0.487 e. The van der Waals surface area contributed by atoms with Crippen LogP contribution in [0.5, 0.6) is 11.5 Å². The fourth-order valence-electron chi connectivity index (χ4n) is 3.25. The highest BCUT2D eigenvalue weighted by Gasteiger charge is 2.27. The summed E-state index contributed by atoms with van der Waals surface area (Å²) >= 11 is 25.2. The molecule has 11 heteroatoms. The molecule has 0 aliphatic rings. The molecule has 1 heterocycles. The van der Waals surface area contributed by atoms with Gasteiger partial charge in [-0.25, -0.2) is 9.97 Å². The van der Waals surface area contributed by atoms with Gasteiger partial charge < -0.3 is 9.47 Å². The number of hydrogen-bond donors (Lipinski definition) is 1. The van der Waals surface area contributed by atoms with Crippen molar-refractivity contribution in [3.8, 4) is 17.6 Å².